The quantitative estimate of drug-likeness (QED) is 0.782. The van der Waals surface area contributed by atoms with Crippen molar-refractivity contribution in [2.24, 2.45) is 11.8 Å². The first-order valence-corrected chi connectivity index (χ1v) is 8.93. The highest BCUT2D eigenvalue weighted by Crippen LogP contribution is 2.32. The van der Waals surface area contributed by atoms with Crippen LogP contribution in [0.2, 0.25) is 0 Å². The maximum Gasteiger partial charge on any atom is 0.226 e. The van der Waals surface area contributed by atoms with Gasteiger partial charge in [0.25, 0.3) is 0 Å². The van der Waals surface area contributed by atoms with Crippen molar-refractivity contribution in [3.05, 3.63) is 0 Å². The Hall–Kier alpha value is -1.10. The van der Waals surface area contributed by atoms with Gasteiger partial charge in [-0.05, 0) is 39.2 Å². The molecule has 2 fully saturated rings. The third-order valence-corrected chi connectivity index (χ3v) is 4.97. The van der Waals surface area contributed by atoms with Gasteiger partial charge in [-0.25, -0.2) is 0 Å². The van der Waals surface area contributed by atoms with Gasteiger partial charge in [0.05, 0.1) is 0 Å². The molecule has 0 spiro atoms. The van der Waals surface area contributed by atoms with E-state index in [1.165, 1.54) is 0 Å². The SMILES string of the molecule is CCN[C@H](C)CNC(=O)C1CCCCC1C(=O)N1CCCC1. The molecule has 126 valence electrons. The van der Waals surface area contributed by atoms with Crippen LogP contribution in [0.4, 0.5) is 0 Å². The minimum atomic E-state index is -0.129. The average Bonchev–Trinajstić information content (AvgIpc) is 3.06. The number of carbonyl (C=O) groups is 2. The Morgan fingerprint density at radius 2 is 1.73 bits per heavy atom. The van der Waals surface area contributed by atoms with Crippen molar-refractivity contribution < 1.29 is 9.59 Å². The molecule has 2 unspecified atom stereocenters. The van der Waals surface area contributed by atoms with E-state index in [1.807, 2.05) is 4.90 Å². The minimum absolute atomic E-state index is 0.0713. The van der Waals surface area contributed by atoms with Crippen LogP contribution >= 0.6 is 0 Å². The molecule has 0 aromatic rings. The number of hydrogen-bond acceptors (Lipinski definition) is 3. The molecule has 1 saturated carbocycles. The summed E-state index contributed by atoms with van der Waals surface area (Å²) in [6.45, 7) is 7.41. The van der Waals surface area contributed by atoms with E-state index in [9.17, 15) is 9.59 Å². The van der Waals surface area contributed by atoms with Crippen molar-refractivity contribution in [1.29, 1.82) is 0 Å². The van der Waals surface area contributed by atoms with Crippen LogP contribution in [0.3, 0.4) is 0 Å². The first-order valence-electron chi connectivity index (χ1n) is 8.93. The van der Waals surface area contributed by atoms with Crippen LogP contribution < -0.4 is 10.6 Å². The van der Waals surface area contributed by atoms with Crippen molar-refractivity contribution >= 4 is 11.8 Å². The van der Waals surface area contributed by atoms with Crippen molar-refractivity contribution in [2.75, 3.05) is 26.2 Å². The molecule has 1 heterocycles. The van der Waals surface area contributed by atoms with E-state index in [1.54, 1.807) is 0 Å². The maximum atomic E-state index is 12.7. The second-order valence-corrected chi connectivity index (χ2v) is 6.73. The van der Waals surface area contributed by atoms with Gasteiger partial charge in [0.1, 0.15) is 0 Å². The van der Waals surface area contributed by atoms with E-state index in [4.69, 9.17) is 0 Å². The number of likely N-dealkylation sites (N-methyl/N-ethyl adjacent to an activating group) is 1. The summed E-state index contributed by atoms with van der Waals surface area (Å²) in [6, 6.07) is 0.269. The van der Waals surface area contributed by atoms with Gasteiger partial charge in [-0.3, -0.25) is 9.59 Å². The van der Waals surface area contributed by atoms with Crippen molar-refractivity contribution in [2.45, 2.75) is 58.4 Å². The Kier molecular flexibility index (Phi) is 6.68. The Bertz CT molecular complexity index is 380. The lowest BCUT2D eigenvalue weighted by Crippen LogP contribution is -2.47. The standard InChI is InChI=1S/C17H31N3O2/c1-3-18-13(2)12-19-16(21)14-8-4-5-9-15(14)17(22)20-10-6-7-11-20/h13-15,18H,3-12H2,1-2H3,(H,19,21)/t13-,14?,15?/m1/s1. The molecule has 5 nitrogen and oxygen atoms in total. The van der Waals surface area contributed by atoms with Gasteiger partial charge in [-0.1, -0.05) is 19.8 Å². The first kappa shape index (κ1) is 17.3. The van der Waals surface area contributed by atoms with Gasteiger partial charge in [0, 0.05) is 37.5 Å². The van der Waals surface area contributed by atoms with Crippen LogP contribution in [0, 0.1) is 11.8 Å². The number of amides is 2. The number of carbonyl (C=O) groups excluding carboxylic acids is 2. The highest BCUT2D eigenvalue weighted by atomic mass is 16.2. The summed E-state index contributed by atoms with van der Waals surface area (Å²) >= 11 is 0. The molecule has 0 bridgehead atoms. The van der Waals surface area contributed by atoms with Crippen LogP contribution in [-0.2, 0) is 9.59 Å². The fourth-order valence-corrected chi connectivity index (χ4v) is 3.72. The molecule has 3 atom stereocenters. The van der Waals surface area contributed by atoms with Crippen LogP contribution in [0.15, 0.2) is 0 Å². The zero-order valence-electron chi connectivity index (χ0n) is 14.1. The predicted octanol–water partition coefficient (Wildman–Crippen LogP) is 1.53. The Morgan fingerprint density at radius 1 is 1.09 bits per heavy atom. The number of nitrogens with one attached hydrogen (secondary N) is 2. The zero-order chi connectivity index (χ0) is 15.9. The smallest absolute Gasteiger partial charge is 0.226 e. The molecule has 2 rings (SSSR count). The average molecular weight is 309 g/mol. The maximum absolute atomic E-state index is 12.7. The van der Waals surface area contributed by atoms with Gasteiger partial charge in [-0.15, -0.1) is 0 Å². The number of nitrogens with zero attached hydrogens (tertiary/aromatic N) is 1. The van der Waals surface area contributed by atoms with Crippen LogP contribution in [0.25, 0.3) is 0 Å². The van der Waals surface area contributed by atoms with Gasteiger partial charge in [0.2, 0.25) is 11.8 Å². The first-order chi connectivity index (χ1) is 10.6. The lowest BCUT2D eigenvalue weighted by Gasteiger charge is -2.32. The molecular formula is C17H31N3O2. The lowest BCUT2D eigenvalue weighted by molar-refractivity contribution is -0.142. The largest absolute Gasteiger partial charge is 0.354 e. The van der Waals surface area contributed by atoms with E-state index in [0.29, 0.717) is 6.54 Å². The Morgan fingerprint density at radius 3 is 2.36 bits per heavy atom. The molecule has 0 aromatic heterocycles. The Balaban J connectivity index is 1.90. The summed E-state index contributed by atoms with van der Waals surface area (Å²) in [5.74, 6) is 0.0658. The summed E-state index contributed by atoms with van der Waals surface area (Å²) < 4.78 is 0. The minimum Gasteiger partial charge on any atom is -0.354 e. The number of rotatable bonds is 6. The molecule has 2 amide bonds. The molecule has 1 saturated heterocycles. The summed E-state index contributed by atoms with van der Waals surface area (Å²) in [5.41, 5.74) is 0. The van der Waals surface area contributed by atoms with Crippen LogP contribution in [0.5, 0.6) is 0 Å². The second-order valence-electron chi connectivity index (χ2n) is 6.73. The monoisotopic (exact) mass is 309 g/mol. The fourth-order valence-electron chi connectivity index (χ4n) is 3.72. The molecule has 1 aliphatic carbocycles. The predicted molar refractivity (Wildman–Crippen MR) is 87.4 cm³/mol. The van der Waals surface area contributed by atoms with Gasteiger partial charge >= 0.3 is 0 Å². The molecule has 0 radical (unpaired) electrons. The van der Waals surface area contributed by atoms with Crippen LogP contribution in [-0.4, -0.2) is 48.9 Å². The number of hydrogen-bond donors (Lipinski definition) is 2. The van der Waals surface area contributed by atoms with E-state index in [0.717, 1.165) is 58.2 Å². The summed E-state index contributed by atoms with van der Waals surface area (Å²) in [4.78, 5) is 27.2. The molecule has 22 heavy (non-hydrogen) atoms. The normalized spacial score (nSPS) is 26.7. The van der Waals surface area contributed by atoms with E-state index in [2.05, 4.69) is 24.5 Å². The van der Waals surface area contributed by atoms with Crippen molar-refractivity contribution in [3.63, 3.8) is 0 Å². The highest BCUT2D eigenvalue weighted by Gasteiger charge is 2.38. The zero-order valence-corrected chi connectivity index (χ0v) is 14.1. The van der Waals surface area contributed by atoms with Crippen LogP contribution in [0.1, 0.15) is 52.4 Å². The van der Waals surface area contributed by atoms with Gasteiger partial charge in [0.15, 0.2) is 0 Å². The molecular weight excluding hydrogens is 278 g/mol. The third-order valence-electron chi connectivity index (χ3n) is 4.97. The van der Waals surface area contributed by atoms with E-state index >= 15 is 0 Å². The molecule has 2 aliphatic rings. The van der Waals surface area contributed by atoms with E-state index in [-0.39, 0.29) is 29.7 Å². The summed E-state index contributed by atoms with van der Waals surface area (Å²) in [6.07, 6.45) is 6.07. The van der Waals surface area contributed by atoms with Gasteiger partial charge < -0.3 is 15.5 Å². The fraction of sp³-hybridized carbons (Fsp3) is 0.882. The summed E-state index contributed by atoms with van der Waals surface area (Å²) in [7, 11) is 0. The number of likely N-dealkylation sites (tertiary alicyclic amines) is 1. The van der Waals surface area contributed by atoms with Crippen molar-refractivity contribution in [1.82, 2.24) is 15.5 Å². The molecule has 0 aromatic carbocycles. The summed E-state index contributed by atoms with van der Waals surface area (Å²) in [5, 5.41) is 6.33. The molecule has 1 aliphatic heterocycles. The van der Waals surface area contributed by atoms with E-state index < -0.39 is 0 Å². The molecule has 2 N–H and O–H groups in total. The van der Waals surface area contributed by atoms with Gasteiger partial charge in [-0.2, -0.15) is 0 Å². The highest BCUT2D eigenvalue weighted by molar-refractivity contribution is 5.88. The van der Waals surface area contributed by atoms with Crippen molar-refractivity contribution in [3.8, 4) is 0 Å². The lowest BCUT2D eigenvalue weighted by atomic mass is 9.78. The second kappa shape index (κ2) is 8.51. The topological polar surface area (TPSA) is 61.4 Å². The third kappa shape index (κ3) is 4.45. The Labute approximate surface area is 134 Å². The molecule has 5 heteroatoms.